The molecule has 0 spiro atoms. The van der Waals surface area contributed by atoms with Gasteiger partial charge in [0.1, 0.15) is 0 Å². The zero-order valence-electron chi connectivity index (χ0n) is 11.9. The molecule has 2 heteroatoms. The van der Waals surface area contributed by atoms with Crippen molar-refractivity contribution in [1.29, 1.82) is 0 Å². The Morgan fingerprint density at radius 2 is 1.68 bits per heavy atom. The molecule has 0 bridgehead atoms. The summed E-state index contributed by atoms with van der Waals surface area (Å²) in [5.41, 5.74) is 6.65. The molecule has 0 aliphatic rings. The van der Waals surface area contributed by atoms with E-state index >= 15 is 0 Å². The molecule has 100 valence electrons. The lowest BCUT2D eigenvalue weighted by atomic mass is 9.75. The van der Waals surface area contributed by atoms with Crippen molar-refractivity contribution in [2.45, 2.75) is 32.2 Å². The number of benzene rings is 2. The Kier molecular flexibility index (Phi) is 4.03. The van der Waals surface area contributed by atoms with Gasteiger partial charge in [0.25, 0.3) is 0 Å². The highest BCUT2D eigenvalue weighted by molar-refractivity contribution is 5.33. The number of nitrogens with one attached hydrogen (secondary N) is 1. The number of hydrogen-bond acceptors (Lipinski definition) is 2. The van der Waals surface area contributed by atoms with E-state index < -0.39 is 0 Å². The lowest BCUT2D eigenvalue weighted by molar-refractivity contribution is 0.353. The molecule has 2 rings (SSSR count). The van der Waals surface area contributed by atoms with Crippen molar-refractivity contribution >= 4 is 0 Å². The molecule has 2 aromatic carbocycles. The van der Waals surface area contributed by atoms with Crippen LogP contribution in [0.3, 0.4) is 0 Å². The maximum atomic E-state index is 5.83. The molecule has 0 saturated carbocycles. The van der Waals surface area contributed by atoms with Gasteiger partial charge in [-0.25, -0.2) is 0 Å². The summed E-state index contributed by atoms with van der Waals surface area (Å²) in [6.45, 7) is 6.54. The molecule has 1 atom stereocenters. The second kappa shape index (κ2) is 5.55. The van der Waals surface area contributed by atoms with Gasteiger partial charge in [-0.1, -0.05) is 74.0 Å². The first-order chi connectivity index (χ1) is 9.05. The Morgan fingerprint density at radius 1 is 1.00 bits per heavy atom. The summed E-state index contributed by atoms with van der Waals surface area (Å²) in [7, 11) is 0. The number of hydrazine groups is 1. The van der Waals surface area contributed by atoms with Gasteiger partial charge >= 0.3 is 0 Å². The molecule has 2 nitrogen and oxygen atoms in total. The Bertz CT molecular complexity index is 532. The van der Waals surface area contributed by atoms with Crippen LogP contribution in [0.25, 0.3) is 0 Å². The van der Waals surface area contributed by atoms with Crippen LogP contribution in [0.1, 0.15) is 36.6 Å². The topological polar surface area (TPSA) is 38.0 Å². The first-order valence-corrected chi connectivity index (χ1v) is 6.64. The van der Waals surface area contributed by atoms with Crippen LogP contribution in [-0.4, -0.2) is 0 Å². The maximum absolute atomic E-state index is 5.83. The van der Waals surface area contributed by atoms with Crippen LogP contribution in [0.5, 0.6) is 0 Å². The first kappa shape index (κ1) is 13.8. The van der Waals surface area contributed by atoms with Gasteiger partial charge in [-0.05, 0) is 18.1 Å². The molecule has 1 unspecified atom stereocenters. The summed E-state index contributed by atoms with van der Waals surface area (Å²) >= 11 is 0. The van der Waals surface area contributed by atoms with Crippen molar-refractivity contribution in [3.05, 3.63) is 71.3 Å². The number of hydrogen-bond donors (Lipinski definition) is 2. The van der Waals surface area contributed by atoms with Gasteiger partial charge in [-0.2, -0.15) is 0 Å². The standard InChI is InChI=1S/C17H22N2/c1-13-8-7-9-14(12-13)16(19-18)17(2,3)15-10-5-4-6-11-15/h4-12,16,19H,18H2,1-3H3. The van der Waals surface area contributed by atoms with Crippen LogP contribution in [0.4, 0.5) is 0 Å². The zero-order valence-corrected chi connectivity index (χ0v) is 11.9. The minimum absolute atomic E-state index is 0.0785. The predicted octanol–water partition coefficient (Wildman–Crippen LogP) is 3.48. The van der Waals surface area contributed by atoms with Crippen molar-refractivity contribution in [2.75, 3.05) is 0 Å². The van der Waals surface area contributed by atoms with E-state index in [1.54, 1.807) is 0 Å². The predicted molar refractivity (Wildman–Crippen MR) is 80.7 cm³/mol. The molecule has 0 saturated heterocycles. The molecule has 2 aromatic rings. The van der Waals surface area contributed by atoms with Crippen molar-refractivity contribution in [1.82, 2.24) is 5.43 Å². The fourth-order valence-corrected chi connectivity index (χ4v) is 2.61. The van der Waals surface area contributed by atoms with Gasteiger partial charge in [-0.3, -0.25) is 11.3 Å². The molecule has 19 heavy (non-hydrogen) atoms. The fraction of sp³-hybridized carbons (Fsp3) is 0.294. The normalized spacial score (nSPS) is 13.3. The van der Waals surface area contributed by atoms with Gasteiger partial charge in [0.05, 0.1) is 6.04 Å². The summed E-state index contributed by atoms with van der Waals surface area (Å²) in [6.07, 6.45) is 0. The second-order valence-electron chi connectivity index (χ2n) is 5.60. The molecule has 3 N–H and O–H groups in total. The van der Waals surface area contributed by atoms with Crippen LogP contribution in [0.2, 0.25) is 0 Å². The molecule has 0 aliphatic carbocycles. The quantitative estimate of drug-likeness (QED) is 0.647. The zero-order chi connectivity index (χ0) is 13.9. The number of rotatable bonds is 4. The smallest absolute Gasteiger partial charge is 0.0551 e. The summed E-state index contributed by atoms with van der Waals surface area (Å²) in [6, 6.07) is 19.1. The van der Waals surface area contributed by atoms with Crippen LogP contribution in [-0.2, 0) is 5.41 Å². The SMILES string of the molecule is Cc1cccc(C(NN)C(C)(C)c2ccccc2)c1. The minimum Gasteiger partial charge on any atom is -0.271 e. The highest BCUT2D eigenvalue weighted by Gasteiger charge is 2.31. The van der Waals surface area contributed by atoms with Crippen LogP contribution in [0, 0.1) is 6.92 Å². The second-order valence-corrected chi connectivity index (χ2v) is 5.60. The van der Waals surface area contributed by atoms with E-state index in [1.807, 2.05) is 6.07 Å². The van der Waals surface area contributed by atoms with E-state index in [0.29, 0.717) is 0 Å². The summed E-state index contributed by atoms with van der Waals surface area (Å²) < 4.78 is 0. The molecule has 0 heterocycles. The third kappa shape index (κ3) is 2.86. The highest BCUT2D eigenvalue weighted by atomic mass is 15.2. The largest absolute Gasteiger partial charge is 0.271 e. The molecular weight excluding hydrogens is 232 g/mol. The van der Waals surface area contributed by atoms with E-state index in [0.717, 1.165) is 0 Å². The molecule has 0 radical (unpaired) electrons. The van der Waals surface area contributed by atoms with Crippen LogP contribution in [0.15, 0.2) is 54.6 Å². The molecule has 0 amide bonds. The van der Waals surface area contributed by atoms with Gasteiger partial charge in [0.15, 0.2) is 0 Å². The third-order valence-corrected chi connectivity index (χ3v) is 3.78. The fourth-order valence-electron chi connectivity index (χ4n) is 2.61. The highest BCUT2D eigenvalue weighted by Crippen LogP contribution is 2.36. The van der Waals surface area contributed by atoms with Crippen LogP contribution < -0.4 is 11.3 Å². The molecular formula is C17H22N2. The summed E-state index contributed by atoms with van der Waals surface area (Å²) in [4.78, 5) is 0. The Labute approximate surface area is 115 Å². The van der Waals surface area contributed by atoms with E-state index in [-0.39, 0.29) is 11.5 Å². The molecule has 0 aromatic heterocycles. The summed E-state index contributed by atoms with van der Waals surface area (Å²) in [5, 5.41) is 0. The van der Waals surface area contributed by atoms with Gasteiger partial charge in [0, 0.05) is 5.41 Å². The van der Waals surface area contributed by atoms with Crippen molar-refractivity contribution in [3.8, 4) is 0 Å². The van der Waals surface area contributed by atoms with Crippen molar-refractivity contribution in [2.24, 2.45) is 5.84 Å². The first-order valence-electron chi connectivity index (χ1n) is 6.64. The van der Waals surface area contributed by atoms with Crippen LogP contribution >= 0.6 is 0 Å². The van der Waals surface area contributed by atoms with Gasteiger partial charge in [-0.15, -0.1) is 0 Å². The van der Waals surface area contributed by atoms with E-state index in [2.05, 4.69) is 74.7 Å². The lowest BCUT2D eigenvalue weighted by Gasteiger charge is -2.35. The van der Waals surface area contributed by atoms with E-state index in [1.165, 1.54) is 16.7 Å². The average molecular weight is 254 g/mol. The third-order valence-electron chi connectivity index (χ3n) is 3.78. The van der Waals surface area contributed by atoms with Gasteiger partial charge in [0.2, 0.25) is 0 Å². The minimum atomic E-state index is -0.0796. The van der Waals surface area contributed by atoms with E-state index in [9.17, 15) is 0 Å². The number of aryl methyl sites for hydroxylation is 1. The van der Waals surface area contributed by atoms with E-state index in [4.69, 9.17) is 5.84 Å². The molecule has 0 fully saturated rings. The summed E-state index contributed by atoms with van der Waals surface area (Å²) in [5.74, 6) is 5.83. The monoisotopic (exact) mass is 254 g/mol. The lowest BCUT2D eigenvalue weighted by Crippen LogP contribution is -2.41. The average Bonchev–Trinajstić information content (AvgIpc) is 2.40. The van der Waals surface area contributed by atoms with Crippen molar-refractivity contribution < 1.29 is 0 Å². The Hall–Kier alpha value is -1.64. The Balaban J connectivity index is 2.41. The molecule has 0 aliphatic heterocycles. The van der Waals surface area contributed by atoms with Crippen molar-refractivity contribution in [3.63, 3.8) is 0 Å². The maximum Gasteiger partial charge on any atom is 0.0551 e. The Morgan fingerprint density at radius 3 is 2.26 bits per heavy atom. The van der Waals surface area contributed by atoms with Gasteiger partial charge < -0.3 is 0 Å². The number of nitrogens with two attached hydrogens (primary N) is 1.